The second-order valence-corrected chi connectivity index (χ2v) is 12.8. The second kappa shape index (κ2) is 12.4. The fourth-order valence-electron chi connectivity index (χ4n) is 5.94. The Morgan fingerprint density at radius 2 is 1.62 bits per heavy atom. The maximum Gasteiger partial charge on any atom is 0.268 e. The van der Waals surface area contributed by atoms with Crippen molar-refractivity contribution in [2.24, 2.45) is 0 Å². The first-order valence-corrected chi connectivity index (χ1v) is 16.0. The van der Waals surface area contributed by atoms with Crippen molar-refractivity contribution in [3.8, 4) is 5.75 Å². The summed E-state index contributed by atoms with van der Waals surface area (Å²) in [6.45, 7) is 0.366. The number of fused-ring (bicyclic) bond motifs is 2. The second-order valence-electron chi connectivity index (χ2n) is 10.6. The Morgan fingerprint density at radius 1 is 0.911 bits per heavy atom. The van der Waals surface area contributed by atoms with Gasteiger partial charge in [0.25, 0.3) is 15.9 Å². The highest BCUT2D eigenvalue weighted by Crippen LogP contribution is 2.46. The van der Waals surface area contributed by atoms with Gasteiger partial charge in [-0.25, -0.2) is 12.4 Å². The number of halogens is 1. The number of carbonyl (C=O) groups excluding carboxylic acids is 2. The molecule has 5 aromatic rings. The molecule has 0 fully saturated rings. The summed E-state index contributed by atoms with van der Waals surface area (Å²) in [4.78, 5) is 30.2. The first-order chi connectivity index (χ1) is 21.8. The topological polar surface area (TPSA) is 107 Å². The number of para-hydroxylation sites is 1. The van der Waals surface area contributed by atoms with Gasteiger partial charge in [0.1, 0.15) is 5.75 Å². The largest absolute Gasteiger partial charge is 0.495 e. The Labute approximate surface area is 266 Å². The van der Waals surface area contributed by atoms with E-state index in [-0.39, 0.29) is 24.0 Å². The van der Waals surface area contributed by atoms with Crippen LogP contribution in [0.5, 0.6) is 5.75 Å². The Hall–Kier alpha value is -4.64. The molecule has 6 rings (SSSR count). The number of anilines is 1. The highest BCUT2D eigenvalue weighted by molar-refractivity contribution is 7.90. The van der Waals surface area contributed by atoms with Crippen LogP contribution in [0.2, 0.25) is 5.02 Å². The molecule has 0 radical (unpaired) electrons. The van der Waals surface area contributed by atoms with Crippen molar-refractivity contribution in [2.75, 3.05) is 32.7 Å². The van der Waals surface area contributed by atoms with Gasteiger partial charge in [-0.15, -0.1) is 0 Å². The molecule has 230 valence electrons. The number of benzene rings is 4. The summed E-state index contributed by atoms with van der Waals surface area (Å²) in [6.07, 6.45) is 1.53. The molecular weight excluding hydrogens is 614 g/mol. The predicted octanol–water partition coefficient (Wildman–Crippen LogP) is 6.11. The molecule has 9 nitrogen and oxygen atoms in total. The lowest BCUT2D eigenvalue weighted by Gasteiger charge is -2.41. The van der Waals surface area contributed by atoms with Crippen LogP contribution >= 0.6 is 11.6 Å². The van der Waals surface area contributed by atoms with E-state index < -0.39 is 27.9 Å². The van der Waals surface area contributed by atoms with Gasteiger partial charge in [-0.05, 0) is 48.0 Å². The zero-order valence-corrected chi connectivity index (χ0v) is 26.1. The van der Waals surface area contributed by atoms with E-state index in [1.807, 2.05) is 0 Å². The molecule has 45 heavy (non-hydrogen) atoms. The summed E-state index contributed by atoms with van der Waals surface area (Å²) in [5, 5.41) is 3.89. The quantitative estimate of drug-likeness (QED) is 0.208. The molecule has 0 bridgehead atoms. The number of amides is 2. The average Bonchev–Trinajstić information content (AvgIpc) is 3.45. The molecule has 1 N–H and O–H groups in total. The van der Waals surface area contributed by atoms with Crippen LogP contribution < -0.4 is 10.1 Å². The lowest BCUT2D eigenvalue weighted by atomic mass is 9.79. The minimum Gasteiger partial charge on any atom is -0.495 e. The van der Waals surface area contributed by atoms with Crippen LogP contribution in [-0.4, -0.2) is 56.5 Å². The molecule has 1 aliphatic rings. The fourth-order valence-corrected chi connectivity index (χ4v) is 7.59. The molecule has 0 aliphatic carbocycles. The summed E-state index contributed by atoms with van der Waals surface area (Å²) in [5.41, 5.74) is 2.29. The number of hydrogen-bond donors (Lipinski definition) is 1. The van der Waals surface area contributed by atoms with Crippen molar-refractivity contribution in [1.82, 2.24) is 8.87 Å². The van der Waals surface area contributed by atoms with Crippen LogP contribution in [0.3, 0.4) is 0 Å². The Kier molecular flexibility index (Phi) is 8.37. The van der Waals surface area contributed by atoms with Crippen molar-refractivity contribution in [3.63, 3.8) is 0 Å². The minimum absolute atomic E-state index is 0.115. The van der Waals surface area contributed by atoms with E-state index in [2.05, 4.69) is 5.32 Å². The van der Waals surface area contributed by atoms with Gasteiger partial charge < -0.3 is 19.7 Å². The SMILES string of the molecule is COCCN1C(=O)c2ccccc2[C@H](C(=O)Nc2ccc(OC)c(Cl)c2)[C@H]1c1cn(S(=O)(=O)c2ccccc2)c2ccccc12. The van der Waals surface area contributed by atoms with E-state index in [1.54, 1.807) is 89.8 Å². The van der Waals surface area contributed by atoms with Crippen LogP contribution in [0, 0.1) is 0 Å². The number of nitrogens with one attached hydrogen (secondary N) is 1. The van der Waals surface area contributed by atoms with Crippen molar-refractivity contribution < 1.29 is 27.5 Å². The summed E-state index contributed by atoms with van der Waals surface area (Å²) >= 11 is 6.36. The zero-order chi connectivity index (χ0) is 31.7. The maximum atomic E-state index is 14.4. The minimum atomic E-state index is -4.03. The van der Waals surface area contributed by atoms with Gasteiger partial charge in [-0.1, -0.05) is 66.2 Å². The molecule has 0 saturated carbocycles. The van der Waals surface area contributed by atoms with Gasteiger partial charge in [-0.3, -0.25) is 9.59 Å². The summed E-state index contributed by atoms with van der Waals surface area (Å²) in [7, 11) is -0.990. The summed E-state index contributed by atoms with van der Waals surface area (Å²) < 4.78 is 39.8. The Bertz CT molecular complexity index is 2010. The number of aromatic nitrogens is 1. The van der Waals surface area contributed by atoms with Crippen molar-refractivity contribution in [1.29, 1.82) is 0 Å². The highest BCUT2D eigenvalue weighted by Gasteiger charge is 2.45. The van der Waals surface area contributed by atoms with Gasteiger partial charge in [0.2, 0.25) is 5.91 Å². The molecule has 1 aliphatic heterocycles. The lowest BCUT2D eigenvalue weighted by molar-refractivity contribution is -0.119. The molecule has 2 amide bonds. The standard InChI is InChI=1S/C34H30ClN3O6S/c1-43-19-18-37-32(27-21-38(29-15-9-8-12-24(27)29)45(41,42)23-10-4-3-5-11-23)31(25-13-6-7-14-26(25)34(37)40)33(39)36-22-16-17-30(44-2)28(35)20-22/h3-17,20-21,31-32H,18-19H2,1-2H3,(H,36,39)/t31-,32+/m0/s1. The molecule has 2 heterocycles. The molecule has 11 heteroatoms. The van der Waals surface area contributed by atoms with Crippen molar-refractivity contribution in [3.05, 3.63) is 125 Å². The van der Waals surface area contributed by atoms with E-state index >= 15 is 0 Å². The van der Waals surface area contributed by atoms with Crippen molar-refractivity contribution in [2.45, 2.75) is 16.9 Å². The van der Waals surface area contributed by atoms with Gasteiger partial charge >= 0.3 is 0 Å². The molecule has 4 aromatic carbocycles. The predicted molar refractivity (Wildman–Crippen MR) is 172 cm³/mol. The molecule has 0 saturated heterocycles. The normalized spacial score (nSPS) is 16.4. The first kappa shape index (κ1) is 30.4. The molecule has 0 spiro atoms. The number of methoxy groups -OCH3 is 2. The number of rotatable bonds is 9. The van der Waals surface area contributed by atoms with Gasteiger partial charge in [-0.2, -0.15) is 0 Å². The lowest BCUT2D eigenvalue weighted by Crippen LogP contribution is -2.47. The van der Waals surface area contributed by atoms with E-state index in [0.29, 0.717) is 44.1 Å². The number of nitrogens with zero attached hydrogens (tertiary/aromatic N) is 2. The highest BCUT2D eigenvalue weighted by atomic mass is 35.5. The van der Waals surface area contributed by atoms with Crippen molar-refractivity contribution >= 4 is 50.0 Å². The average molecular weight is 644 g/mol. The molecule has 1 aromatic heterocycles. The van der Waals surface area contributed by atoms with Crippen LogP contribution in [-0.2, 0) is 19.6 Å². The van der Waals surface area contributed by atoms with E-state index in [0.717, 1.165) is 0 Å². The third kappa shape index (κ3) is 5.45. The molecule has 2 atom stereocenters. The smallest absolute Gasteiger partial charge is 0.268 e. The monoisotopic (exact) mass is 643 g/mol. The van der Waals surface area contributed by atoms with E-state index in [4.69, 9.17) is 21.1 Å². The molecular formula is C34H30ClN3O6S. The van der Waals surface area contributed by atoms with Gasteiger partial charge in [0.05, 0.1) is 41.1 Å². The van der Waals surface area contributed by atoms with Crippen LogP contribution in [0.25, 0.3) is 10.9 Å². The van der Waals surface area contributed by atoms with Gasteiger partial charge in [0, 0.05) is 42.1 Å². The number of ether oxygens (including phenoxy) is 2. The number of hydrogen-bond acceptors (Lipinski definition) is 6. The fraction of sp³-hybridized carbons (Fsp3) is 0.176. The van der Waals surface area contributed by atoms with E-state index in [9.17, 15) is 18.0 Å². The van der Waals surface area contributed by atoms with Gasteiger partial charge in [0.15, 0.2) is 0 Å². The maximum absolute atomic E-state index is 14.4. The van der Waals surface area contributed by atoms with Crippen LogP contribution in [0.4, 0.5) is 5.69 Å². The zero-order valence-electron chi connectivity index (χ0n) is 24.5. The summed E-state index contributed by atoms with van der Waals surface area (Å²) in [5.74, 6) is -1.15. The van der Waals surface area contributed by atoms with Crippen LogP contribution in [0.1, 0.15) is 33.4 Å². The summed E-state index contributed by atoms with van der Waals surface area (Å²) in [6, 6.07) is 26.2. The number of carbonyl (C=O) groups is 2. The van der Waals surface area contributed by atoms with E-state index in [1.165, 1.54) is 36.5 Å². The Balaban J connectivity index is 1.56. The third-order valence-electron chi connectivity index (χ3n) is 8.00. The first-order valence-electron chi connectivity index (χ1n) is 14.2. The van der Waals surface area contributed by atoms with Crippen LogP contribution in [0.15, 0.2) is 108 Å². The molecule has 0 unspecified atom stereocenters. The Morgan fingerprint density at radius 3 is 2.36 bits per heavy atom. The third-order valence-corrected chi connectivity index (χ3v) is 9.99.